The van der Waals surface area contributed by atoms with Crippen LogP contribution in [0.1, 0.15) is 40.0 Å². The van der Waals surface area contributed by atoms with Crippen LogP contribution in [0.15, 0.2) is 71.6 Å². The molecule has 0 aliphatic carbocycles. The molecule has 0 unspecified atom stereocenters. The summed E-state index contributed by atoms with van der Waals surface area (Å²) in [6.45, 7) is 5.83. The number of rotatable bonds is 6. The van der Waals surface area contributed by atoms with E-state index in [9.17, 15) is 17.6 Å². The van der Waals surface area contributed by atoms with E-state index in [4.69, 9.17) is 0 Å². The zero-order valence-corrected chi connectivity index (χ0v) is 17.8. The number of benzene rings is 3. The molecule has 0 radical (unpaired) electrons. The normalized spacial score (nSPS) is 12.3. The molecular formula is C23H23FN2O3S. The molecule has 3 aromatic rings. The molecule has 0 aliphatic rings. The fourth-order valence-corrected chi connectivity index (χ4v) is 4.25. The van der Waals surface area contributed by atoms with Crippen LogP contribution < -0.4 is 10.0 Å². The van der Waals surface area contributed by atoms with Gasteiger partial charge in [-0.25, -0.2) is 12.8 Å². The zero-order valence-electron chi connectivity index (χ0n) is 16.9. The van der Waals surface area contributed by atoms with Crippen molar-refractivity contribution in [2.45, 2.75) is 31.7 Å². The maximum atomic E-state index is 13.8. The van der Waals surface area contributed by atoms with E-state index in [0.29, 0.717) is 0 Å². The van der Waals surface area contributed by atoms with Gasteiger partial charge < -0.3 is 5.32 Å². The Bertz CT molecular complexity index is 1190. The Morgan fingerprint density at radius 1 is 0.967 bits per heavy atom. The molecule has 3 aromatic carbocycles. The number of sulfonamides is 1. The summed E-state index contributed by atoms with van der Waals surface area (Å²) in [7, 11) is -4.05. The Morgan fingerprint density at radius 3 is 2.43 bits per heavy atom. The summed E-state index contributed by atoms with van der Waals surface area (Å²) in [5, 5.41) is 2.90. The quantitative estimate of drug-likeness (QED) is 0.598. The minimum atomic E-state index is -4.05. The van der Waals surface area contributed by atoms with Crippen molar-refractivity contribution >= 4 is 21.6 Å². The molecular weight excluding hydrogens is 403 g/mol. The number of hydrogen-bond acceptors (Lipinski definition) is 3. The van der Waals surface area contributed by atoms with Crippen molar-refractivity contribution in [2.24, 2.45) is 0 Å². The third-order valence-electron chi connectivity index (χ3n) is 4.77. The largest absolute Gasteiger partial charge is 0.346 e. The second-order valence-corrected chi connectivity index (χ2v) is 8.85. The predicted octanol–water partition coefficient (Wildman–Crippen LogP) is 4.73. The third kappa shape index (κ3) is 4.86. The summed E-state index contributed by atoms with van der Waals surface area (Å²) in [4.78, 5) is 12.6. The summed E-state index contributed by atoms with van der Waals surface area (Å²) in [6.07, 6.45) is 0. The molecule has 7 heteroatoms. The number of halogens is 1. The van der Waals surface area contributed by atoms with E-state index in [1.807, 2.05) is 39.0 Å². The van der Waals surface area contributed by atoms with Crippen molar-refractivity contribution in [3.63, 3.8) is 0 Å². The van der Waals surface area contributed by atoms with E-state index in [2.05, 4.69) is 10.0 Å². The van der Waals surface area contributed by atoms with Crippen molar-refractivity contribution < 1.29 is 17.6 Å². The van der Waals surface area contributed by atoms with Crippen molar-refractivity contribution in [3.8, 4) is 0 Å². The topological polar surface area (TPSA) is 75.3 Å². The average molecular weight is 427 g/mol. The smallest absolute Gasteiger partial charge is 0.262 e. The van der Waals surface area contributed by atoms with Crippen molar-refractivity contribution in [2.75, 3.05) is 4.72 Å². The average Bonchev–Trinajstić information content (AvgIpc) is 2.71. The van der Waals surface area contributed by atoms with E-state index in [-0.39, 0.29) is 22.2 Å². The van der Waals surface area contributed by atoms with Crippen LogP contribution in [0.4, 0.5) is 10.1 Å². The van der Waals surface area contributed by atoms with Gasteiger partial charge in [0, 0.05) is 5.56 Å². The summed E-state index contributed by atoms with van der Waals surface area (Å²) >= 11 is 0. The molecule has 1 atom stereocenters. The summed E-state index contributed by atoms with van der Waals surface area (Å²) < 4.78 is 41.3. The number of nitrogens with one attached hydrogen (secondary N) is 2. The van der Waals surface area contributed by atoms with Crippen LogP contribution in [0.5, 0.6) is 0 Å². The van der Waals surface area contributed by atoms with Crippen molar-refractivity contribution in [1.82, 2.24) is 5.32 Å². The highest BCUT2D eigenvalue weighted by Gasteiger charge is 2.19. The maximum absolute atomic E-state index is 13.8. The van der Waals surface area contributed by atoms with Crippen molar-refractivity contribution in [1.29, 1.82) is 0 Å². The molecule has 0 bridgehead atoms. The van der Waals surface area contributed by atoms with E-state index in [1.54, 1.807) is 0 Å². The molecule has 0 saturated heterocycles. The highest BCUT2D eigenvalue weighted by atomic mass is 32.2. The van der Waals surface area contributed by atoms with Gasteiger partial charge in [-0.15, -0.1) is 0 Å². The molecule has 3 rings (SSSR count). The number of aryl methyl sites for hydroxylation is 2. The number of amides is 1. The van der Waals surface area contributed by atoms with Crippen LogP contribution in [0, 0.1) is 19.7 Å². The molecule has 156 valence electrons. The van der Waals surface area contributed by atoms with Gasteiger partial charge in [0.1, 0.15) is 5.82 Å². The van der Waals surface area contributed by atoms with Gasteiger partial charge >= 0.3 is 0 Å². The minimum absolute atomic E-state index is 0.127. The van der Waals surface area contributed by atoms with Gasteiger partial charge in [0.2, 0.25) is 0 Å². The summed E-state index contributed by atoms with van der Waals surface area (Å²) in [5.74, 6) is -1.08. The molecule has 0 heterocycles. The van der Waals surface area contributed by atoms with Crippen LogP contribution in [0.3, 0.4) is 0 Å². The second kappa shape index (κ2) is 8.67. The first-order valence-corrected chi connectivity index (χ1v) is 10.9. The van der Waals surface area contributed by atoms with Crippen LogP contribution in [-0.4, -0.2) is 14.3 Å². The Morgan fingerprint density at radius 2 is 1.70 bits per heavy atom. The number of carbonyl (C=O) groups excluding carboxylic acids is 1. The standard InChI is InChI=1S/C23H23FN2O3S/c1-15-11-12-16(2)20(13-15)17(3)25-23(27)18-7-6-8-19(14-18)30(28,29)26-22-10-5-4-9-21(22)24/h4-14,17,26H,1-3H3,(H,25,27)/t17-/m1/s1. The molecule has 0 spiro atoms. The van der Waals surface area contributed by atoms with Crippen molar-refractivity contribution in [3.05, 3.63) is 94.8 Å². The first-order chi connectivity index (χ1) is 14.2. The number of para-hydroxylation sites is 1. The van der Waals surface area contributed by atoms with E-state index in [0.717, 1.165) is 22.8 Å². The van der Waals surface area contributed by atoms with E-state index >= 15 is 0 Å². The fraction of sp³-hybridized carbons (Fsp3) is 0.174. The molecule has 0 aromatic heterocycles. The molecule has 30 heavy (non-hydrogen) atoms. The van der Waals surface area contributed by atoms with E-state index in [1.165, 1.54) is 42.5 Å². The molecule has 5 nitrogen and oxygen atoms in total. The van der Waals surface area contributed by atoms with Gasteiger partial charge in [0.25, 0.3) is 15.9 Å². The van der Waals surface area contributed by atoms with Gasteiger partial charge in [-0.2, -0.15) is 0 Å². The van der Waals surface area contributed by atoms with Gasteiger partial charge in [-0.05, 0) is 62.2 Å². The molecule has 0 aliphatic heterocycles. The van der Waals surface area contributed by atoms with Crippen LogP contribution >= 0.6 is 0 Å². The number of carbonyl (C=O) groups is 1. The zero-order chi connectivity index (χ0) is 21.9. The lowest BCUT2D eigenvalue weighted by atomic mass is 10.00. The highest BCUT2D eigenvalue weighted by Crippen LogP contribution is 2.22. The van der Waals surface area contributed by atoms with Gasteiger partial charge in [-0.3, -0.25) is 9.52 Å². The fourth-order valence-electron chi connectivity index (χ4n) is 3.14. The van der Waals surface area contributed by atoms with Gasteiger partial charge in [-0.1, -0.05) is 42.0 Å². The first kappa shape index (κ1) is 21.5. The summed E-state index contributed by atoms with van der Waals surface area (Å²) in [5.41, 5.74) is 3.18. The SMILES string of the molecule is Cc1ccc(C)c([C@@H](C)NC(=O)c2cccc(S(=O)(=O)Nc3ccccc3F)c2)c1. The third-order valence-corrected chi connectivity index (χ3v) is 6.14. The monoisotopic (exact) mass is 426 g/mol. The van der Waals surface area contributed by atoms with Gasteiger partial charge in [0.05, 0.1) is 16.6 Å². The van der Waals surface area contributed by atoms with Crippen LogP contribution in [0.25, 0.3) is 0 Å². The maximum Gasteiger partial charge on any atom is 0.262 e. The lowest BCUT2D eigenvalue weighted by Crippen LogP contribution is -2.27. The Hall–Kier alpha value is -3.19. The minimum Gasteiger partial charge on any atom is -0.346 e. The Balaban J connectivity index is 1.81. The lowest BCUT2D eigenvalue weighted by molar-refractivity contribution is 0.0939. The van der Waals surface area contributed by atoms with Gasteiger partial charge in [0.15, 0.2) is 0 Å². The van der Waals surface area contributed by atoms with E-state index < -0.39 is 21.7 Å². The number of anilines is 1. The highest BCUT2D eigenvalue weighted by molar-refractivity contribution is 7.92. The lowest BCUT2D eigenvalue weighted by Gasteiger charge is -2.18. The second-order valence-electron chi connectivity index (χ2n) is 7.17. The molecule has 0 fully saturated rings. The first-order valence-electron chi connectivity index (χ1n) is 9.43. The Kier molecular flexibility index (Phi) is 6.22. The van der Waals surface area contributed by atoms with Crippen LogP contribution in [-0.2, 0) is 10.0 Å². The Labute approximate surface area is 176 Å². The number of hydrogen-bond donors (Lipinski definition) is 2. The predicted molar refractivity (Wildman–Crippen MR) is 115 cm³/mol. The molecule has 0 saturated carbocycles. The molecule has 2 N–H and O–H groups in total. The summed E-state index contributed by atoms with van der Waals surface area (Å²) in [6, 6.07) is 16.9. The molecule has 1 amide bonds. The van der Waals surface area contributed by atoms with Crippen LogP contribution in [0.2, 0.25) is 0 Å².